The van der Waals surface area contributed by atoms with Crippen LogP contribution in [-0.2, 0) is 9.59 Å². The molecule has 1 fully saturated rings. The van der Waals surface area contributed by atoms with Crippen molar-refractivity contribution in [3.05, 3.63) is 0 Å². The minimum absolute atomic E-state index is 0.0732. The van der Waals surface area contributed by atoms with Gasteiger partial charge in [0, 0.05) is 13.1 Å². The lowest BCUT2D eigenvalue weighted by atomic mass is 10.0. The Balaban J connectivity index is 2.25. The maximum atomic E-state index is 10.7. The average molecular weight is 172 g/mol. The maximum Gasteiger partial charge on any atom is 0.304 e. The van der Waals surface area contributed by atoms with Crippen LogP contribution in [0.1, 0.15) is 12.8 Å². The van der Waals surface area contributed by atoms with E-state index in [0.29, 0.717) is 6.54 Å². The Hall–Kier alpha value is -1.10. The summed E-state index contributed by atoms with van der Waals surface area (Å²) in [5, 5.41) is 8.36. The smallest absolute Gasteiger partial charge is 0.304 e. The number of carbonyl (C=O) groups is 2. The van der Waals surface area contributed by atoms with E-state index in [9.17, 15) is 9.59 Å². The molecule has 0 aliphatic carbocycles. The molecule has 0 aromatic carbocycles. The fourth-order valence-corrected chi connectivity index (χ4v) is 1.27. The number of primary amides is 1. The largest absolute Gasteiger partial charge is 0.481 e. The molecule has 1 heterocycles. The average Bonchev–Trinajstić information content (AvgIpc) is 1.82. The molecule has 0 radical (unpaired) electrons. The van der Waals surface area contributed by atoms with Gasteiger partial charge in [-0.3, -0.25) is 14.5 Å². The summed E-state index contributed by atoms with van der Waals surface area (Å²) < 4.78 is 0. The van der Waals surface area contributed by atoms with Gasteiger partial charge in [-0.25, -0.2) is 0 Å². The van der Waals surface area contributed by atoms with Crippen molar-refractivity contribution in [2.75, 3.05) is 13.1 Å². The molecule has 3 N–H and O–H groups in total. The third-order valence-corrected chi connectivity index (χ3v) is 2.07. The van der Waals surface area contributed by atoms with Gasteiger partial charge in [0.25, 0.3) is 0 Å². The van der Waals surface area contributed by atoms with Gasteiger partial charge in [-0.05, 0) is 6.42 Å². The van der Waals surface area contributed by atoms with Crippen LogP contribution in [0.2, 0.25) is 0 Å². The van der Waals surface area contributed by atoms with E-state index in [0.717, 1.165) is 13.0 Å². The van der Waals surface area contributed by atoms with Crippen molar-refractivity contribution in [2.24, 2.45) is 5.73 Å². The molecule has 1 saturated heterocycles. The molecule has 68 valence electrons. The molecule has 12 heavy (non-hydrogen) atoms. The Morgan fingerprint density at radius 1 is 1.58 bits per heavy atom. The Bertz CT molecular complexity index is 205. The number of carboxylic acids is 1. The van der Waals surface area contributed by atoms with Crippen LogP contribution in [-0.4, -0.2) is 41.0 Å². The number of hydrogen-bond donors (Lipinski definition) is 2. The molecular weight excluding hydrogens is 160 g/mol. The monoisotopic (exact) mass is 172 g/mol. The van der Waals surface area contributed by atoms with Crippen molar-refractivity contribution in [1.29, 1.82) is 0 Å². The van der Waals surface area contributed by atoms with Crippen LogP contribution in [0.15, 0.2) is 0 Å². The van der Waals surface area contributed by atoms with Crippen molar-refractivity contribution in [2.45, 2.75) is 18.9 Å². The summed E-state index contributed by atoms with van der Waals surface area (Å²) in [6.45, 7) is 1.20. The molecule has 1 aliphatic rings. The lowest BCUT2D eigenvalue weighted by molar-refractivity contribution is -0.139. The van der Waals surface area contributed by atoms with E-state index in [1.54, 1.807) is 4.90 Å². The molecule has 0 aromatic rings. The van der Waals surface area contributed by atoms with Crippen molar-refractivity contribution in [1.82, 2.24) is 4.90 Å². The van der Waals surface area contributed by atoms with Crippen LogP contribution in [0.25, 0.3) is 0 Å². The standard InChI is InChI=1S/C7H12N2O3/c8-7(12)5-1-3-9(5)4-2-6(10)11/h5H,1-4H2,(H2,8,12)(H,10,11). The van der Waals surface area contributed by atoms with Crippen LogP contribution < -0.4 is 5.73 Å². The summed E-state index contributed by atoms with van der Waals surface area (Å²) in [6, 6.07) is -0.232. The molecule has 1 amide bonds. The van der Waals surface area contributed by atoms with E-state index < -0.39 is 5.97 Å². The first-order chi connectivity index (χ1) is 5.61. The molecule has 0 bridgehead atoms. The normalized spacial score (nSPS) is 23.2. The molecule has 1 unspecified atom stereocenters. The van der Waals surface area contributed by atoms with E-state index >= 15 is 0 Å². The van der Waals surface area contributed by atoms with Gasteiger partial charge in [0.2, 0.25) is 5.91 Å². The van der Waals surface area contributed by atoms with Crippen LogP contribution in [0.4, 0.5) is 0 Å². The van der Waals surface area contributed by atoms with Crippen molar-refractivity contribution >= 4 is 11.9 Å². The highest BCUT2D eigenvalue weighted by atomic mass is 16.4. The third kappa shape index (κ3) is 1.94. The first kappa shape index (κ1) is 8.99. The van der Waals surface area contributed by atoms with Gasteiger partial charge in [-0.15, -0.1) is 0 Å². The Morgan fingerprint density at radius 3 is 2.58 bits per heavy atom. The fraction of sp³-hybridized carbons (Fsp3) is 0.714. The van der Waals surface area contributed by atoms with Gasteiger partial charge in [0.15, 0.2) is 0 Å². The molecule has 0 aromatic heterocycles. The van der Waals surface area contributed by atoms with Crippen LogP contribution >= 0.6 is 0 Å². The summed E-state index contributed by atoms with van der Waals surface area (Å²) in [7, 11) is 0. The van der Waals surface area contributed by atoms with Crippen molar-refractivity contribution < 1.29 is 14.7 Å². The first-order valence-corrected chi connectivity index (χ1v) is 3.86. The van der Waals surface area contributed by atoms with E-state index in [1.165, 1.54) is 0 Å². The summed E-state index contributed by atoms with van der Waals surface area (Å²) in [5.41, 5.74) is 5.07. The van der Waals surface area contributed by atoms with Crippen molar-refractivity contribution in [3.8, 4) is 0 Å². The topological polar surface area (TPSA) is 83.6 Å². The number of likely N-dealkylation sites (tertiary alicyclic amines) is 1. The fourth-order valence-electron chi connectivity index (χ4n) is 1.27. The molecule has 5 heteroatoms. The van der Waals surface area contributed by atoms with Gasteiger partial charge in [0.1, 0.15) is 0 Å². The highest BCUT2D eigenvalue weighted by Crippen LogP contribution is 2.16. The number of nitrogens with zero attached hydrogens (tertiary/aromatic N) is 1. The molecule has 0 saturated carbocycles. The van der Waals surface area contributed by atoms with Crippen LogP contribution in [0, 0.1) is 0 Å². The molecule has 5 nitrogen and oxygen atoms in total. The first-order valence-electron chi connectivity index (χ1n) is 3.86. The summed E-state index contributed by atoms with van der Waals surface area (Å²) in [6.07, 6.45) is 0.832. The highest BCUT2D eigenvalue weighted by molar-refractivity contribution is 5.80. The van der Waals surface area contributed by atoms with Gasteiger partial charge >= 0.3 is 5.97 Å². The van der Waals surface area contributed by atoms with E-state index in [-0.39, 0.29) is 18.4 Å². The van der Waals surface area contributed by atoms with Gasteiger partial charge < -0.3 is 10.8 Å². The summed E-state index contributed by atoms with van der Waals surface area (Å²) >= 11 is 0. The zero-order valence-corrected chi connectivity index (χ0v) is 6.69. The van der Waals surface area contributed by atoms with Gasteiger partial charge in [0.05, 0.1) is 12.5 Å². The number of amides is 1. The minimum Gasteiger partial charge on any atom is -0.481 e. The Morgan fingerprint density at radius 2 is 2.25 bits per heavy atom. The lowest BCUT2D eigenvalue weighted by Crippen LogP contribution is -2.55. The number of hydrogen-bond acceptors (Lipinski definition) is 3. The number of nitrogens with two attached hydrogens (primary N) is 1. The number of aliphatic carboxylic acids is 1. The van der Waals surface area contributed by atoms with E-state index in [4.69, 9.17) is 10.8 Å². The quantitative estimate of drug-likeness (QED) is 0.571. The van der Waals surface area contributed by atoms with Gasteiger partial charge in [-0.2, -0.15) is 0 Å². The Labute approximate surface area is 70.1 Å². The summed E-state index contributed by atoms with van der Waals surface area (Å²) in [5.74, 6) is -1.20. The predicted octanol–water partition coefficient (Wildman–Crippen LogP) is -0.979. The lowest BCUT2D eigenvalue weighted by Gasteiger charge is -2.38. The predicted molar refractivity (Wildman–Crippen MR) is 41.4 cm³/mol. The van der Waals surface area contributed by atoms with E-state index in [1.807, 2.05) is 0 Å². The number of carbonyl (C=O) groups excluding carboxylic acids is 1. The number of carboxylic acid groups (broad SMARTS) is 1. The molecule has 0 spiro atoms. The molecule has 1 atom stereocenters. The SMILES string of the molecule is NC(=O)C1CCN1CCC(=O)O. The molecular formula is C7H12N2O3. The zero-order chi connectivity index (χ0) is 9.14. The maximum absolute atomic E-state index is 10.7. The van der Waals surface area contributed by atoms with Crippen molar-refractivity contribution in [3.63, 3.8) is 0 Å². The highest BCUT2D eigenvalue weighted by Gasteiger charge is 2.32. The molecule has 1 rings (SSSR count). The second-order valence-corrected chi connectivity index (χ2v) is 2.89. The second-order valence-electron chi connectivity index (χ2n) is 2.89. The zero-order valence-electron chi connectivity index (χ0n) is 6.69. The minimum atomic E-state index is -0.842. The van der Waals surface area contributed by atoms with Crippen LogP contribution in [0.5, 0.6) is 0 Å². The second kappa shape index (κ2) is 3.53. The number of rotatable bonds is 4. The third-order valence-electron chi connectivity index (χ3n) is 2.07. The van der Waals surface area contributed by atoms with Gasteiger partial charge in [-0.1, -0.05) is 0 Å². The summed E-state index contributed by atoms with van der Waals surface area (Å²) in [4.78, 5) is 22.6. The van der Waals surface area contributed by atoms with E-state index in [2.05, 4.69) is 0 Å². The Kier molecular flexibility index (Phi) is 2.65. The molecule has 1 aliphatic heterocycles. The van der Waals surface area contributed by atoms with Crippen LogP contribution in [0.3, 0.4) is 0 Å².